The molecule has 2 heterocycles. The van der Waals surface area contributed by atoms with Crippen LogP contribution in [0.15, 0.2) is 40.8 Å². The zero-order valence-electron chi connectivity index (χ0n) is 13.0. The second kappa shape index (κ2) is 8.15. The first-order valence-corrected chi connectivity index (χ1v) is 7.45. The molecule has 0 radical (unpaired) electrons. The predicted molar refractivity (Wildman–Crippen MR) is 89.9 cm³/mol. The Bertz CT molecular complexity index is 657. The Morgan fingerprint density at radius 3 is 3.00 bits per heavy atom. The molecular formula is C17H21ClN2O3. The van der Waals surface area contributed by atoms with Gasteiger partial charge in [0.05, 0.1) is 0 Å². The first-order valence-electron chi connectivity index (χ1n) is 7.45. The molecule has 1 aromatic carbocycles. The van der Waals surface area contributed by atoms with Crippen molar-refractivity contribution in [3.05, 3.63) is 59.0 Å². The Hall–Kier alpha value is -1.82. The molecule has 3 rings (SSSR count). The Kier molecular flexibility index (Phi) is 6.21. The normalized spacial score (nSPS) is 16.3. The first kappa shape index (κ1) is 17.5. The molecule has 2 aromatic rings. The number of halogens is 1. The van der Waals surface area contributed by atoms with Crippen molar-refractivity contribution >= 4 is 18.3 Å². The van der Waals surface area contributed by atoms with Crippen molar-refractivity contribution in [1.29, 1.82) is 0 Å². The smallest absolute Gasteiger partial charge is 0.287 e. The van der Waals surface area contributed by atoms with E-state index in [-0.39, 0.29) is 24.4 Å². The zero-order chi connectivity index (χ0) is 15.4. The van der Waals surface area contributed by atoms with Gasteiger partial charge >= 0.3 is 0 Å². The standard InChI is InChI=1S/C17H20N2O3.ClH/c1-21-11-13-6-7-16(22-13)17(20)19-10-15-14-5-3-2-4-12(14)8-9-18-15;/h2-7,15,18H,8-11H2,1H3,(H,19,20);1H. The quantitative estimate of drug-likeness (QED) is 0.880. The molecule has 0 saturated heterocycles. The van der Waals surface area contributed by atoms with Crippen LogP contribution in [0.5, 0.6) is 0 Å². The fourth-order valence-electron chi connectivity index (χ4n) is 2.78. The van der Waals surface area contributed by atoms with E-state index < -0.39 is 0 Å². The van der Waals surface area contributed by atoms with E-state index in [4.69, 9.17) is 9.15 Å². The van der Waals surface area contributed by atoms with Crippen LogP contribution in [-0.4, -0.2) is 26.1 Å². The van der Waals surface area contributed by atoms with Gasteiger partial charge in [-0.2, -0.15) is 0 Å². The maximum absolute atomic E-state index is 12.1. The maximum Gasteiger partial charge on any atom is 0.287 e. The van der Waals surface area contributed by atoms with Gasteiger partial charge in [0.25, 0.3) is 5.91 Å². The number of fused-ring (bicyclic) bond motifs is 1. The number of rotatable bonds is 5. The number of hydrogen-bond donors (Lipinski definition) is 2. The number of furan rings is 1. The van der Waals surface area contributed by atoms with E-state index >= 15 is 0 Å². The highest BCUT2D eigenvalue weighted by molar-refractivity contribution is 5.91. The molecule has 0 bridgehead atoms. The van der Waals surface area contributed by atoms with Crippen LogP contribution in [0.2, 0.25) is 0 Å². The van der Waals surface area contributed by atoms with Crippen LogP contribution < -0.4 is 10.6 Å². The summed E-state index contributed by atoms with van der Waals surface area (Å²) in [5, 5.41) is 6.37. The molecule has 1 aromatic heterocycles. The molecule has 1 aliphatic rings. The van der Waals surface area contributed by atoms with Crippen molar-refractivity contribution in [2.45, 2.75) is 19.1 Å². The van der Waals surface area contributed by atoms with Crippen molar-refractivity contribution in [3.8, 4) is 0 Å². The molecule has 1 amide bonds. The second-order valence-electron chi connectivity index (χ2n) is 5.36. The van der Waals surface area contributed by atoms with Gasteiger partial charge in [0.1, 0.15) is 12.4 Å². The third-order valence-electron chi connectivity index (χ3n) is 3.85. The summed E-state index contributed by atoms with van der Waals surface area (Å²) in [6.45, 7) is 1.83. The summed E-state index contributed by atoms with van der Waals surface area (Å²) in [5.41, 5.74) is 2.61. The summed E-state index contributed by atoms with van der Waals surface area (Å²) in [5.74, 6) is 0.761. The lowest BCUT2D eigenvalue weighted by atomic mass is 9.94. The zero-order valence-corrected chi connectivity index (χ0v) is 13.8. The summed E-state index contributed by atoms with van der Waals surface area (Å²) >= 11 is 0. The minimum Gasteiger partial charge on any atom is -0.453 e. The van der Waals surface area contributed by atoms with Gasteiger partial charge < -0.3 is 19.8 Å². The topological polar surface area (TPSA) is 63.5 Å². The van der Waals surface area contributed by atoms with Crippen molar-refractivity contribution < 1.29 is 13.9 Å². The summed E-state index contributed by atoms with van der Waals surface area (Å²) in [4.78, 5) is 12.1. The lowest BCUT2D eigenvalue weighted by Crippen LogP contribution is -2.38. The van der Waals surface area contributed by atoms with Gasteiger partial charge in [-0.05, 0) is 36.2 Å². The molecule has 0 aliphatic carbocycles. The van der Waals surface area contributed by atoms with E-state index in [9.17, 15) is 4.79 Å². The highest BCUT2D eigenvalue weighted by Gasteiger charge is 2.20. The third kappa shape index (κ3) is 4.13. The monoisotopic (exact) mass is 336 g/mol. The molecule has 1 unspecified atom stereocenters. The fraction of sp³-hybridized carbons (Fsp3) is 0.353. The number of hydrogen-bond acceptors (Lipinski definition) is 4. The molecule has 23 heavy (non-hydrogen) atoms. The van der Waals surface area contributed by atoms with E-state index in [0.717, 1.165) is 13.0 Å². The van der Waals surface area contributed by atoms with Crippen LogP contribution in [0.25, 0.3) is 0 Å². The van der Waals surface area contributed by atoms with E-state index in [0.29, 0.717) is 24.7 Å². The number of nitrogens with one attached hydrogen (secondary N) is 2. The van der Waals surface area contributed by atoms with Crippen LogP contribution in [-0.2, 0) is 17.8 Å². The Morgan fingerprint density at radius 1 is 1.35 bits per heavy atom. The average Bonchev–Trinajstić information content (AvgIpc) is 3.02. The number of benzene rings is 1. The van der Waals surface area contributed by atoms with Crippen LogP contribution in [0.3, 0.4) is 0 Å². The molecule has 124 valence electrons. The van der Waals surface area contributed by atoms with Crippen molar-refractivity contribution in [1.82, 2.24) is 10.6 Å². The molecule has 6 heteroatoms. The number of carbonyl (C=O) groups excluding carboxylic acids is 1. The molecule has 5 nitrogen and oxygen atoms in total. The fourth-order valence-corrected chi connectivity index (χ4v) is 2.78. The van der Waals surface area contributed by atoms with Crippen molar-refractivity contribution in [3.63, 3.8) is 0 Å². The molecule has 0 saturated carbocycles. The van der Waals surface area contributed by atoms with Crippen LogP contribution in [0, 0.1) is 0 Å². The van der Waals surface area contributed by atoms with Gasteiger partial charge in [-0.1, -0.05) is 24.3 Å². The number of carbonyl (C=O) groups is 1. The highest BCUT2D eigenvalue weighted by atomic mass is 35.5. The van der Waals surface area contributed by atoms with Gasteiger partial charge in [0.2, 0.25) is 0 Å². The molecule has 1 atom stereocenters. The summed E-state index contributed by atoms with van der Waals surface area (Å²) < 4.78 is 10.4. The number of methoxy groups -OCH3 is 1. The Morgan fingerprint density at radius 2 is 2.17 bits per heavy atom. The van der Waals surface area contributed by atoms with Crippen molar-refractivity contribution in [2.24, 2.45) is 0 Å². The molecule has 0 spiro atoms. The van der Waals surface area contributed by atoms with Crippen LogP contribution in [0.1, 0.15) is 33.5 Å². The van der Waals surface area contributed by atoms with Gasteiger partial charge in [-0.3, -0.25) is 4.79 Å². The summed E-state index contributed by atoms with van der Waals surface area (Å²) in [6, 6.07) is 11.9. The lowest BCUT2D eigenvalue weighted by molar-refractivity contribution is 0.0912. The number of ether oxygens (including phenoxy) is 1. The van der Waals surface area contributed by atoms with E-state index in [1.807, 2.05) is 6.07 Å². The highest BCUT2D eigenvalue weighted by Crippen LogP contribution is 2.22. The van der Waals surface area contributed by atoms with Gasteiger partial charge in [-0.25, -0.2) is 0 Å². The minimum absolute atomic E-state index is 0. The van der Waals surface area contributed by atoms with E-state index in [1.165, 1.54) is 11.1 Å². The Labute approximate surface area is 141 Å². The SMILES string of the molecule is COCc1ccc(C(=O)NCC2NCCc3ccccc32)o1.Cl. The third-order valence-corrected chi connectivity index (χ3v) is 3.85. The molecular weight excluding hydrogens is 316 g/mol. The van der Waals surface area contributed by atoms with E-state index in [1.54, 1.807) is 19.2 Å². The van der Waals surface area contributed by atoms with Gasteiger partial charge in [0.15, 0.2) is 5.76 Å². The summed E-state index contributed by atoms with van der Waals surface area (Å²) in [6.07, 6.45) is 1.03. The molecule has 0 fully saturated rings. The largest absolute Gasteiger partial charge is 0.453 e. The Balaban J connectivity index is 0.00000192. The first-order chi connectivity index (χ1) is 10.8. The predicted octanol–water partition coefficient (Wildman–Crippen LogP) is 2.46. The second-order valence-corrected chi connectivity index (χ2v) is 5.36. The van der Waals surface area contributed by atoms with Gasteiger partial charge in [-0.15, -0.1) is 12.4 Å². The number of amides is 1. The molecule has 2 N–H and O–H groups in total. The van der Waals surface area contributed by atoms with Gasteiger partial charge in [0, 0.05) is 19.7 Å². The molecule has 1 aliphatic heterocycles. The van der Waals surface area contributed by atoms with Crippen LogP contribution in [0.4, 0.5) is 0 Å². The lowest BCUT2D eigenvalue weighted by Gasteiger charge is -2.27. The van der Waals surface area contributed by atoms with Crippen LogP contribution >= 0.6 is 12.4 Å². The van der Waals surface area contributed by atoms with E-state index in [2.05, 4.69) is 28.8 Å². The van der Waals surface area contributed by atoms with Crippen molar-refractivity contribution in [2.75, 3.05) is 20.2 Å². The maximum atomic E-state index is 12.1. The average molecular weight is 337 g/mol. The minimum atomic E-state index is -0.202. The summed E-state index contributed by atoms with van der Waals surface area (Å²) in [7, 11) is 1.59.